The molecule has 26 heavy (non-hydrogen) atoms. The summed E-state index contributed by atoms with van der Waals surface area (Å²) in [5.74, 6) is 0. The summed E-state index contributed by atoms with van der Waals surface area (Å²) < 4.78 is 39.9. The van der Waals surface area contributed by atoms with Crippen molar-refractivity contribution in [3.8, 4) is 0 Å². The number of aryl methyl sites for hydroxylation is 1. The maximum absolute atomic E-state index is 12.7. The maximum Gasteiger partial charge on any atom is 0.416 e. The molecule has 1 aromatic carbocycles. The van der Waals surface area contributed by atoms with Gasteiger partial charge in [0.1, 0.15) is 0 Å². The van der Waals surface area contributed by atoms with Gasteiger partial charge in [0.2, 0.25) is 0 Å². The van der Waals surface area contributed by atoms with Gasteiger partial charge in [-0.2, -0.15) is 18.3 Å². The normalized spacial score (nSPS) is 14.3. The van der Waals surface area contributed by atoms with Gasteiger partial charge in [0.05, 0.1) is 18.3 Å². The molecule has 0 radical (unpaired) electrons. The number of hydrogen-bond donors (Lipinski definition) is 1. The van der Waals surface area contributed by atoms with Crippen molar-refractivity contribution in [3.05, 3.63) is 53.3 Å². The van der Waals surface area contributed by atoms with Crippen molar-refractivity contribution >= 4 is 6.03 Å². The van der Waals surface area contributed by atoms with Gasteiger partial charge in [-0.3, -0.25) is 4.68 Å². The summed E-state index contributed by atoms with van der Waals surface area (Å²) in [5.41, 5.74) is 0.829. The van der Waals surface area contributed by atoms with Crippen molar-refractivity contribution in [2.24, 2.45) is 7.05 Å². The fraction of sp³-hybridized carbons (Fsp3) is 0.444. The molecule has 5 nitrogen and oxygen atoms in total. The number of amides is 2. The summed E-state index contributed by atoms with van der Waals surface area (Å²) in [6.45, 7) is 0.768. The van der Waals surface area contributed by atoms with Gasteiger partial charge in [0.15, 0.2) is 0 Å². The van der Waals surface area contributed by atoms with E-state index in [0.717, 1.165) is 30.5 Å². The maximum atomic E-state index is 12.7. The van der Waals surface area contributed by atoms with Gasteiger partial charge in [0.25, 0.3) is 0 Å². The van der Waals surface area contributed by atoms with E-state index in [-0.39, 0.29) is 18.6 Å². The van der Waals surface area contributed by atoms with Crippen LogP contribution in [0.3, 0.4) is 0 Å². The number of carbonyl (C=O) groups is 1. The molecule has 1 saturated carbocycles. The van der Waals surface area contributed by atoms with Gasteiger partial charge < -0.3 is 10.2 Å². The zero-order valence-corrected chi connectivity index (χ0v) is 14.5. The van der Waals surface area contributed by atoms with Crippen LogP contribution < -0.4 is 5.32 Å². The number of halogens is 3. The Balaban J connectivity index is 1.54. The second-order valence-corrected chi connectivity index (χ2v) is 6.56. The molecule has 2 aromatic rings. The largest absolute Gasteiger partial charge is 0.416 e. The second-order valence-electron chi connectivity index (χ2n) is 6.56. The first-order chi connectivity index (χ1) is 12.3. The van der Waals surface area contributed by atoms with Gasteiger partial charge in [-0.25, -0.2) is 4.79 Å². The van der Waals surface area contributed by atoms with Crippen LogP contribution in [-0.4, -0.2) is 33.3 Å². The van der Waals surface area contributed by atoms with Crippen LogP contribution in [-0.2, 0) is 26.2 Å². The smallest absolute Gasteiger partial charge is 0.338 e. The van der Waals surface area contributed by atoms with Gasteiger partial charge >= 0.3 is 12.2 Å². The van der Waals surface area contributed by atoms with Gasteiger partial charge in [-0.05, 0) is 30.9 Å². The molecule has 0 saturated heterocycles. The lowest BCUT2D eigenvalue weighted by molar-refractivity contribution is -0.137. The molecule has 1 heterocycles. The third-order valence-electron chi connectivity index (χ3n) is 4.30. The molecule has 2 amide bonds. The summed E-state index contributed by atoms with van der Waals surface area (Å²) in [6, 6.07) is 5.23. The molecule has 0 aliphatic heterocycles. The molecule has 0 unspecified atom stereocenters. The Morgan fingerprint density at radius 2 is 2.12 bits per heavy atom. The van der Waals surface area contributed by atoms with E-state index in [2.05, 4.69) is 10.4 Å². The Morgan fingerprint density at radius 1 is 1.35 bits per heavy atom. The van der Waals surface area contributed by atoms with Crippen LogP contribution >= 0.6 is 0 Å². The van der Waals surface area contributed by atoms with Crippen molar-refractivity contribution in [2.75, 3.05) is 6.54 Å². The minimum atomic E-state index is -4.36. The molecule has 8 heteroatoms. The van der Waals surface area contributed by atoms with Crippen molar-refractivity contribution in [3.63, 3.8) is 0 Å². The van der Waals surface area contributed by atoms with E-state index >= 15 is 0 Å². The van der Waals surface area contributed by atoms with Crippen LogP contribution in [0.15, 0.2) is 36.7 Å². The average molecular weight is 366 g/mol. The molecule has 0 spiro atoms. The van der Waals surface area contributed by atoms with Gasteiger partial charge in [0, 0.05) is 31.4 Å². The number of nitrogens with one attached hydrogen (secondary N) is 1. The van der Waals surface area contributed by atoms with Crippen molar-refractivity contribution in [2.45, 2.75) is 38.0 Å². The Labute approximate surface area is 149 Å². The van der Waals surface area contributed by atoms with E-state index in [1.54, 1.807) is 21.8 Å². The Hall–Kier alpha value is -2.51. The van der Waals surface area contributed by atoms with Gasteiger partial charge in [-0.15, -0.1) is 0 Å². The summed E-state index contributed by atoms with van der Waals surface area (Å²) >= 11 is 0. The number of aromatic nitrogens is 2. The van der Waals surface area contributed by atoms with E-state index in [1.807, 2.05) is 13.2 Å². The number of nitrogens with zero attached hydrogens (tertiary/aromatic N) is 3. The number of rotatable bonds is 6. The Bertz CT molecular complexity index is 768. The molecule has 140 valence electrons. The van der Waals surface area contributed by atoms with Crippen LogP contribution in [0.2, 0.25) is 0 Å². The summed E-state index contributed by atoms with van der Waals surface area (Å²) in [5, 5.41) is 6.92. The molecule has 0 bridgehead atoms. The number of alkyl halides is 3. The highest BCUT2D eigenvalue weighted by Gasteiger charge is 2.33. The van der Waals surface area contributed by atoms with Crippen LogP contribution in [0, 0.1) is 0 Å². The number of carbonyl (C=O) groups excluding carboxylic acids is 1. The molecule has 0 atom stereocenters. The van der Waals surface area contributed by atoms with Crippen LogP contribution in [0.4, 0.5) is 18.0 Å². The lowest BCUT2D eigenvalue weighted by Gasteiger charge is -2.22. The third-order valence-corrected chi connectivity index (χ3v) is 4.30. The second kappa shape index (κ2) is 7.39. The topological polar surface area (TPSA) is 50.2 Å². The zero-order valence-electron chi connectivity index (χ0n) is 14.5. The van der Waals surface area contributed by atoms with Gasteiger partial charge in [-0.1, -0.05) is 18.2 Å². The molecule has 1 aliphatic carbocycles. The lowest BCUT2D eigenvalue weighted by atomic mass is 10.1. The Morgan fingerprint density at radius 3 is 2.73 bits per heavy atom. The van der Waals surface area contributed by atoms with Crippen LogP contribution in [0.1, 0.15) is 29.5 Å². The molecular formula is C18H21F3N4O. The highest BCUT2D eigenvalue weighted by Crippen LogP contribution is 2.30. The highest BCUT2D eigenvalue weighted by atomic mass is 19.4. The monoisotopic (exact) mass is 366 g/mol. The molecule has 1 aromatic heterocycles. The molecule has 3 rings (SSSR count). The van der Waals surface area contributed by atoms with Crippen LogP contribution in [0.25, 0.3) is 0 Å². The van der Waals surface area contributed by atoms with E-state index in [0.29, 0.717) is 18.5 Å². The molecule has 1 aliphatic rings. The van der Waals surface area contributed by atoms with E-state index in [1.165, 1.54) is 6.07 Å². The van der Waals surface area contributed by atoms with Crippen molar-refractivity contribution in [1.82, 2.24) is 20.0 Å². The fourth-order valence-corrected chi connectivity index (χ4v) is 2.82. The first-order valence-corrected chi connectivity index (χ1v) is 8.51. The fourth-order valence-electron chi connectivity index (χ4n) is 2.82. The first kappa shape index (κ1) is 18.3. The number of urea groups is 1. The average Bonchev–Trinajstić information content (AvgIpc) is 3.34. The number of hydrogen-bond acceptors (Lipinski definition) is 2. The summed E-state index contributed by atoms with van der Waals surface area (Å²) in [7, 11) is 1.82. The van der Waals surface area contributed by atoms with Crippen molar-refractivity contribution < 1.29 is 18.0 Å². The highest BCUT2D eigenvalue weighted by molar-refractivity contribution is 5.74. The van der Waals surface area contributed by atoms with E-state index < -0.39 is 11.7 Å². The van der Waals surface area contributed by atoms with Crippen molar-refractivity contribution in [1.29, 1.82) is 0 Å². The quantitative estimate of drug-likeness (QED) is 0.852. The molecule has 1 N–H and O–H groups in total. The lowest BCUT2D eigenvalue weighted by Crippen LogP contribution is -2.41. The standard InChI is InChI=1S/C18H21F3N4O/c1-24-11-14(10-23-24)12-25(16-5-6-16)17(26)22-8-7-13-3-2-4-15(9-13)18(19,20)21/h2-4,9-11,16H,5-8,12H2,1H3,(H,22,26). The number of benzene rings is 1. The SMILES string of the molecule is Cn1cc(CN(C(=O)NCCc2cccc(C(F)(F)F)c2)C2CC2)cn1. The third kappa shape index (κ3) is 4.77. The Kier molecular flexibility index (Phi) is 5.20. The zero-order chi connectivity index (χ0) is 18.7. The van der Waals surface area contributed by atoms with E-state index in [9.17, 15) is 18.0 Å². The summed E-state index contributed by atoms with van der Waals surface area (Å²) in [6.07, 6.45) is 1.53. The van der Waals surface area contributed by atoms with Crippen LogP contribution in [0.5, 0.6) is 0 Å². The molecule has 1 fully saturated rings. The minimum absolute atomic E-state index is 0.191. The minimum Gasteiger partial charge on any atom is -0.338 e. The summed E-state index contributed by atoms with van der Waals surface area (Å²) in [4.78, 5) is 14.2. The first-order valence-electron chi connectivity index (χ1n) is 8.51. The predicted molar refractivity (Wildman–Crippen MR) is 90.3 cm³/mol. The predicted octanol–water partition coefficient (Wildman–Crippen LogP) is 3.36. The van der Waals surface area contributed by atoms with E-state index in [4.69, 9.17) is 0 Å². The molecular weight excluding hydrogens is 345 g/mol.